The van der Waals surface area contributed by atoms with Crippen LogP contribution in [0.25, 0.3) is 0 Å². The van der Waals surface area contributed by atoms with E-state index >= 15 is 0 Å². The fourth-order valence-electron chi connectivity index (χ4n) is 3.30. The maximum absolute atomic E-state index is 12.4. The van der Waals surface area contributed by atoms with Crippen molar-refractivity contribution in [2.45, 2.75) is 44.8 Å². The van der Waals surface area contributed by atoms with Crippen LogP contribution < -0.4 is 5.73 Å². The van der Waals surface area contributed by atoms with Gasteiger partial charge in [-0.2, -0.15) is 4.31 Å². The fraction of sp³-hybridized carbons (Fsp3) is 1.00. The predicted octanol–water partition coefficient (Wildman–Crippen LogP) is 0.240. The van der Waals surface area contributed by atoms with Gasteiger partial charge in [0.2, 0.25) is 10.0 Å². The molecule has 7 heteroatoms. The number of rotatable bonds is 7. The summed E-state index contributed by atoms with van der Waals surface area (Å²) in [5.41, 5.74) is 5.65. The molecule has 0 bridgehead atoms. The van der Waals surface area contributed by atoms with Crippen molar-refractivity contribution < 1.29 is 13.2 Å². The first kappa shape index (κ1) is 17.1. The molecule has 2 unspecified atom stereocenters. The van der Waals surface area contributed by atoms with Crippen LogP contribution in [-0.2, 0) is 14.8 Å². The SMILES string of the molecule is CCC(CCN)N1CCN(S(=O)(=O)CC2CCCO2)CC1. The van der Waals surface area contributed by atoms with Gasteiger partial charge in [0.1, 0.15) is 0 Å². The molecule has 2 N–H and O–H groups in total. The number of piperazine rings is 1. The van der Waals surface area contributed by atoms with E-state index in [4.69, 9.17) is 10.5 Å². The molecule has 0 aromatic rings. The molecule has 2 saturated heterocycles. The van der Waals surface area contributed by atoms with Crippen LogP contribution in [0.4, 0.5) is 0 Å². The van der Waals surface area contributed by atoms with Gasteiger partial charge in [-0.15, -0.1) is 0 Å². The molecular formula is C14H29N3O3S. The smallest absolute Gasteiger partial charge is 0.216 e. The van der Waals surface area contributed by atoms with Gasteiger partial charge in [-0.1, -0.05) is 6.92 Å². The Hall–Kier alpha value is -0.210. The predicted molar refractivity (Wildman–Crippen MR) is 83.7 cm³/mol. The van der Waals surface area contributed by atoms with Crippen LogP contribution in [0, 0.1) is 0 Å². The largest absolute Gasteiger partial charge is 0.377 e. The average molecular weight is 319 g/mol. The first-order valence-corrected chi connectivity index (χ1v) is 9.71. The van der Waals surface area contributed by atoms with Gasteiger partial charge in [0.15, 0.2) is 0 Å². The molecule has 0 aromatic carbocycles. The van der Waals surface area contributed by atoms with E-state index in [1.165, 1.54) is 0 Å². The van der Waals surface area contributed by atoms with Crippen LogP contribution in [0.2, 0.25) is 0 Å². The van der Waals surface area contributed by atoms with Crippen molar-refractivity contribution in [2.24, 2.45) is 5.73 Å². The van der Waals surface area contributed by atoms with E-state index in [0.717, 1.165) is 38.8 Å². The molecule has 0 saturated carbocycles. The number of ether oxygens (including phenoxy) is 1. The van der Waals surface area contributed by atoms with E-state index in [-0.39, 0.29) is 11.9 Å². The maximum Gasteiger partial charge on any atom is 0.216 e. The van der Waals surface area contributed by atoms with Gasteiger partial charge >= 0.3 is 0 Å². The molecule has 2 aliphatic heterocycles. The lowest BCUT2D eigenvalue weighted by Crippen LogP contribution is -2.53. The van der Waals surface area contributed by atoms with Crippen LogP contribution in [0.15, 0.2) is 0 Å². The fourth-order valence-corrected chi connectivity index (χ4v) is 4.96. The number of hydrogen-bond acceptors (Lipinski definition) is 5. The summed E-state index contributed by atoms with van der Waals surface area (Å²) in [6.07, 6.45) is 3.80. The van der Waals surface area contributed by atoms with Crippen molar-refractivity contribution >= 4 is 10.0 Å². The Morgan fingerprint density at radius 3 is 2.52 bits per heavy atom. The Bertz CT molecular complexity index is 402. The Labute approximate surface area is 128 Å². The molecular weight excluding hydrogens is 290 g/mol. The zero-order valence-electron chi connectivity index (χ0n) is 13.0. The van der Waals surface area contributed by atoms with Gasteiger partial charge in [-0.3, -0.25) is 4.90 Å². The van der Waals surface area contributed by atoms with Gasteiger partial charge in [0.25, 0.3) is 0 Å². The first-order chi connectivity index (χ1) is 10.1. The summed E-state index contributed by atoms with van der Waals surface area (Å²) in [6, 6.07) is 0.484. The minimum Gasteiger partial charge on any atom is -0.377 e. The van der Waals surface area contributed by atoms with Crippen LogP contribution >= 0.6 is 0 Å². The van der Waals surface area contributed by atoms with E-state index in [1.807, 2.05) is 0 Å². The van der Waals surface area contributed by atoms with Gasteiger partial charge < -0.3 is 10.5 Å². The second-order valence-corrected chi connectivity index (χ2v) is 8.00. The van der Waals surface area contributed by atoms with Crippen molar-refractivity contribution in [3.8, 4) is 0 Å². The highest BCUT2D eigenvalue weighted by Gasteiger charge is 2.32. The normalized spacial score (nSPS) is 27.0. The average Bonchev–Trinajstić information content (AvgIpc) is 2.97. The second-order valence-electron chi connectivity index (χ2n) is 5.99. The van der Waals surface area contributed by atoms with Crippen molar-refractivity contribution in [1.29, 1.82) is 0 Å². The Morgan fingerprint density at radius 1 is 1.29 bits per heavy atom. The molecule has 2 aliphatic rings. The molecule has 2 atom stereocenters. The molecule has 2 fully saturated rings. The van der Waals surface area contributed by atoms with Gasteiger partial charge in [0.05, 0.1) is 11.9 Å². The lowest BCUT2D eigenvalue weighted by atomic mass is 10.1. The molecule has 0 aromatic heterocycles. The first-order valence-electron chi connectivity index (χ1n) is 8.10. The molecule has 0 radical (unpaired) electrons. The third-order valence-corrected chi connectivity index (χ3v) is 6.52. The minimum atomic E-state index is -3.18. The topological polar surface area (TPSA) is 75.9 Å². The van der Waals surface area contributed by atoms with Crippen molar-refractivity contribution in [1.82, 2.24) is 9.21 Å². The Morgan fingerprint density at radius 2 is 2.00 bits per heavy atom. The van der Waals surface area contributed by atoms with E-state index in [2.05, 4.69) is 11.8 Å². The summed E-state index contributed by atoms with van der Waals surface area (Å²) in [6.45, 7) is 6.36. The highest BCUT2D eigenvalue weighted by atomic mass is 32.2. The van der Waals surface area contributed by atoms with Crippen molar-refractivity contribution in [3.63, 3.8) is 0 Å². The molecule has 6 nitrogen and oxygen atoms in total. The number of nitrogens with zero attached hydrogens (tertiary/aromatic N) is 2. The van der Waals surface area contributed by atoms with Crippen LogP contribution in [0.5, 0.6) is 0 Å². The van der Waals surface area contributed by atoms with E-state index in [0.29, 0.717) is 32.3 Å². The van der Waals surface area contributed by atoms with Crippen LogP contribution in [0.3, 0.4) is 0 Å². The summed E-state index contributed by atoms with van der Waals surface area (Å²) in [7, 11) is -3.18. The molecule has 2 heterocycles. The van der Waals surface area contributed by atoms with E-state index in [9.17, 15) is 8.42 Å². The summed E-state index contributed by atoms with van der Waals surface area (Å²) in [5, 5.41) is 0. The third-order valence-electron chi connectivity index (χ3n) is 4.57. The maximum atomic E-state index is 12.4. The van der Waals surface area contributed by atoms with Gasteiger partial charge in [-0.05, 0) is 32.2 Å². The molecule has 2 rings (SSSR count). The summed E-state index contributed by atoms with van der Waals surface area (Å²) >= 11 is 0. The quantitative estimate of drug-likeness (QED) is 0.727. The molecule has 21 heavy (non-hydrogen) atoms. The minimum absolute atomic E-state index is 0.103. The number of sulfonamides is 1. The zero-order chi connectivity index (χ0) is 15.3. The van der Waals surface area contributed by atoms with Crippen LogP contribution in [-0.4, -0.2) is 74.9 Å². The van der Waals surface area contributed by atoms with Crippen LogP contribution in [0.1, 0.15) is 32.6 Å². The van der Waals surface area contributed by atoms with E-state index in [1.54, 1.807) is 4.31 Å². The highest BCUT2D eigenvalue weighted by Crippen LogP contribution is 2.18. The van der Waals surface area contributed by atoms with Gasteiger partial charge in [0, 0.05) is 38.8 Å². The van der Waals surface area contributed by atoms with E-state index < -0.39 is 10.0 Å². The van der Waals surface area contributed by atoms with Gasteiger partial charge in [-0.25, -0.2) is 8.42 Å². The molecule has 124 valence electrons. The monoisotopic (exact) mass is 319 g/mol. The standard InChI is InChI=1S/C14H29N3O3S/c1-2-13(5-6-15)16-7-9-17(10-8-16)21(18,19)12-14-4-3-11-20-14/h13-14H,2-12,15H2,1H3. The second kappa shape index (κ2) is 7.87. The highest BCUT2D eigenvalue weighted by molar-refractivity contribution is 7.89. The number of hydrogen-bond donors (Lipinski definition) is 1. The zero-order valence-corrected chi connectivity index (χ0v) is 13.9. The third kappa shape index (κ3) is 4.63. The molecule has 0 aliphatic carbocycles. The lowest BCUT2D eigenvalue weighted by Gasteiger charge is -2.38. The number of nitrogens with two attached hydrogens (primary N) is 1. The summed E-state index contributed by atoms with van der Waals surface area (Å²) in [4.78, 5) is 2.38. The Kier molecular flexibility index (Phi) is 6.43. The molecule has 0 spiro atoms. The Balaban J connectivity index is 1.84. The summed E-state index contributed by atoms with van der Waals surface area (Å²) in [5.74, 6) is 0.146. The van der Waals surface area contributed by atoms with Crippen molar-refractivity contribution in [3.05, 3.63) is 0 Å². The molecule has 0 amide bonds. The lowest BCUT2D eigenvalue weighted by molar-refractivity contribution is 0.118. The van der Waals surface area contributed by atoms with Crippen molar-refractivity contribution in [2.75, 3.05) is 45.1 Å². The summed E-state index contributed by atoms with van der Waals surface area (Å²) < 4.78 is 31.9.